The molecule has 0 aromatic carbocycles. The van der Waals surface area contributed by atoms with Gasteiger partial charge < -0.3 is 9.64 Å². The third-order valence-corrected chi connectivity index (χ3v) is 3.03. The highest BCUT2D eigenvalue weighted by Crippen LogP contribution is 2.23. The Hall–Kier alpha value is -0.250. The fraction of sp³-hybridized carbons (Fsp3) is 0.500. The van der Waals surface area contributed by atoms with Crippen LogP contribution >= 0.6 is 22.9 Å². The van der Waals surface area contributed by atoms with Crippen LogP contribution in [-0.2, 0) is 4.74 Å². The summed E-state index contributed by atoms with van der Waals surface area (Å²) < 4.78 is 5.23. The lowest BCUT2D eigenvalue weighted by Gasteiger charge is -2.30. The van der Waals surface area contributed by atoms with Gasteiger partial charge in [-0.1, -0.05) is 11.6 Å². The molecule has 2 nitrogen and oxygen atoms in total. The van der Waals surface area contributed by atoms with E-state index in [1.165, 1.54) is 5.00 Å². The molecule has 0 N–H and O–H groups in total. The number of morpholine rings is 1. The summed E-state index contributed by atoms with van der Waals surface area (Å²) in [6, 6.07) is 4.16. The number of hydrogen-bond acceptors (Lipinski definition) is 3. The minimum absolute atomic E-state index is 0.152. The standard InChI is InChI=1S/C8H10ClNOS/c9-7-6-10(3-4-11-7)8-2-1-5-12-8/h1-2,5,7H,3-4,6H2. The number of alkyl halides is 1. The van der Waals surface area contributed by atoms with E-state index in [0.29, 0.717) is 0 Å². The minimum atomic E-state index is -0.152. The number of thiophene rings is 1. The molecule has 1 aliphatic rings. The van der Waals surface area contributed by atoms with Gasteiger partial charge in [0.2, 0.25) is 0 Å². The molecule has 0 saturated carbocycles. The molecule has 1 aromatic rings. The summed E-state index contributed by atoms with van der Waals surface area (Å²) in [5.41, 5.74) is -0.152. The normalized spacial score (nSPS) is 24.4. The molecule has 1 aromatic heterocycles. The second-order valence-electron chi connectivity index (χ2n) is 2.68. The predicted octanol–water partition coefficient (Wildman–Crippen LogP) is 2.15. The summed E-state index contributed by atoms with van der Waals surface area (Å²) in [6.45, 7) is 2.47. The Morgan fingerprint density at radius 1 is 1.67 bits per heavy atom. The van der Waals surface area contributed by atoms with Crippen molar-refractivity contribution in [3.05, 3.63) is 17.5 Å². The Balaban J connectivity index is 2.04. The number of hydrogen-bond donors (Lipinski definition) is 0. The van der Waals surface area contributed by atoms with E-state index in [0.717, 1.165) is 19.7 Å². The minimum Gasteiger partial charge on any atom is -0.359 e. The summed E-state index contributed by atoms with van der Waals surface area (Å²) >= 11 is 7.61. The van der Waals surface area contributed by atoms with Crippen LogP contribution in [0.25, 0.3) is 0 Å². The average molecular weight is 204 g/mol. The lowest BCUT2D eigenvalue weighted by atomic mass is 10.4. The molecule has 66 valence electrons. The van der Waals surface area contributed by atoms with E-state index in [9.17, 15) is 0 Å². The van der Waals surface area contributed by atoms with Crippen LogP contribution in [0.15, 0.2) is 17.5 Å². The van der Waals surface area contributed by atoms with E-state index in [-0.39, 0.29) is 5.56 Å². The molecule has 0 spiro atoms. The molecule has 1 atom stereocenters. The first-order valence-corrected chi connectivity index (χ1v) is 5.22. The van der Waals surface area contributed by atoms with Crippen LogP contribution in [0.3, 0.4) is 0 Å². The maximum Gasteiger partial charge on any atom is 0.148 e. The fourth-order valence-corrected chi connectivity index (χ4v) is 2.28. The summed E-state index contributed by atoms with van der Waals surface area (Å²) in [5.74, 6) is 0. The Morgan fingerprint density at radius 2 is 2.58 bits per heavy atom. The average Bonchev–Trinajstić information content (AvgIpc) is 2.56. The smallest absolute Gasteiger partial charge is 0.148 e. The van der Waals surface area contributed by atoms with E-state index >= 15 is 0 Å². The number of ether oxygens (including phenoxy) is 1. The Bertz CT molecular complexity index is 239. The van der Waals surface area contributed by atoms with Gasteiger partial charge in [0, 0.05) is 6.54 Å². The maximum atomic E-state index is 5.87. The van der Waals surface area contributed by atoms with E-state index in [2.05, 4.69) is 22.4 Å². The first kappa shape index (κ1) is 8.35. The third kappa shape index (κ3) is 1.73. The van der Waals surface area contributed by atoms with E-state index in [1.54, 1.807) is 11.3 Å². The van der Waals surface area contributed by atoms with Crippen LogP contribution < -0.4 is 4.90 Å². The molecule has 0 radical (unpaired) electrons. The summed E-state index contributed by atoms with van der Waals surface area (Å²) in [4.78, 5) is 2.26. The van der Waals surface area contributed by atoms with Crippen molar-refractivity contribution >= 4 is 27.9 Å². The van der Waals surface area contributed by atoms with Crippen molar-refractivity contribution in [3.63, 3.8) is 0 Å². The van der Waals surface area contributed by atoms with Gasteiger partial charge in [0.25, 0.3) is 0 Å². The maximum absolute atomic E-state index is 5.87. The number of rotatable bonds is 1. The van der Waals surface area contributed by atoms with Crippen LogP contribution in [0.4, 0.5) is 5.00 Å². The van der Waals surface area contributed by atoms with Crippen molar-refractivity contribution in [2.75, 3.05) is 24.6 Å². The predicted molar refractivity (Wildman–Crippen MR) is 52.1 cm³/mol. The number of halogens is 1. The molecule has 0 bridgehead atoms. The molecule has 1 saturated heterocycles. The van der Waals surface area contributed by atoms with Crippen LogP contribution in [0.1, 0.15) is 0 Å². The fourth-order valence-electron chi connectivity index (χ4n) is 1.26. The SMILES string of the molecule is ClC1CN(c2cccs2)CCO1. The lowest BCUT2D eigenvalue weighted by molar-refractivity contribution is 0.0937. The molecule has 12 heavy (non-hydrogen) atoms. The topological polar surface area (TPSA) is 12.5 Å². The van der Waals surface area contributed by atoms with Gasteiger partial charge in [-0.05, 0) is 17.5 Å². The number of nitrogens with zero attached hydrogens (tertiary/aromatic N) is 1. The molecule has 1 fully saturated rings. The second-order valence-corrected chi connectivity index (χ2v) is 4.09. The Morgan fingerprint density at radius 3 is 3.25 bits per heavy atom. The second kappa shape index (κ2) is 3.64. The van der Waals surface area contributed by atoms with Crippen LogP contribution in [0, 0.1) is 0 Å². The molecular weight excluding hydrogens is 194 g/mol. The van der Waals surface area contributed by atoms with Gasteiger partial charge >= 0.3 is 0 Å². The van der Waals surface area contributed by atoms with Crippen molar-refractivity contribution in [2.45, 2.75) is 5.56 Å². The van der Waals surface area contributed by atoms with Crippen LogP contribution in [0.2, 0.25) is 0 Å². The Kier molecular flexibility index (Phi) is 2.54. The van der Waals surface area contributed by atoms with E-state index in [1.807, 2.05) is 0 Å². The molecule has 0 aliphatic carbocycles. The van der Waals surface area contributed by atoms with Gasteiger partial charge in [-0.2, -0.15) is 0 Å². The summed E-state index contributed by atoms with van der Waals surface area (Å²) in [5, 5.41) is 3.36. The zero-order valence-electron chi connectivity index (χ0n) is 6.57. The first-order valence-electron chi connectivity index (χ1n) is 3.90. The van der Waals surface area contributed by atoms with E-state index in [4.69, 9.17) is 16.3 Å². The van der Waals surface area contributed by atoms with Crippen molar-refractivity contribution in [3.8, 4) is 0 Å². The molecule has 4 heteroatoms. The molecule has 1 aliphatic heterocycles. The van der Waals surface area contributed by atoms with Crippen molar-refractivity contribution < 1.29 is 4.74 Å². The molecular formula is C8H10ClNOS. The molecule has 1 unspecified atom stereocenters. The zero-order valence-corrected chi connectivity index (χ0v) is 8.14. The lowest BCUT2D eigenvalue weighted by Crippen LogP contribution is -2.39. The monoisotopic (exact) mass is 203 g/mol. The highest BCUT2D eigenvalue weighted by atomic mass is 35.5. The molecule has 2 rings (SSSR count). The molecule has 2 heterocycles. The van der Waals surface area contributed by atoms with Crippen LogP contribution in [0.5, 0.6) is 0 Å². The first-order chi connectivity index (χ1) is 5.86. The van der Waals surface area contributed by atoms with Gasteiger partial charge in [0.05, 0.1) is 18.2 Å². The summed E-state index contributed by atoms with van der Waals surface area (Å²) in [7, 11) is 0. The van der Waals surface area contributed by atoms with Gasteiger partial charge in [0.1, 0.15) is 5.56 Å². The quantitative estimate of drug-likeness (QED) is 0.649. The van der Waals surface area contributed by atoms with Gasteiger partial charge in [0.15, 0.2) is 0 Å². The summed E-state index contributed by atoms with van der Waals surface area (Å²) in [6.07, 6.45) is 0. The largest absolute Gasteiger partial charge is 0.359 e. The van der Waals surface area contributed by atoms with Crippen LogP contribution in [-0.4, -0.2) is 25.3 Å². The van der Waals surface area contributed by atoms with Crippen molar-refractivity contribution in [1.29, 1.82) is 0 Å². The van der Waals surface area contributed by atoms with Gasteiger partial charge in [-0.25, -0.2) is 0 Å². The number of anilines is 1. The highest BCUT2D eigenvalue weighted by Gasteiger charge is 2.18. The highest BCUT2D eigenvalue weighted by molar-refractivity contribution is 7.14. The van der Waals surface area contributed by atoms with Crippen molar-refractivity contribution in [2.24, 2.45) is 0 Å². The molecule has 0 amide bonds. The third-order valence-electron chi connectivity index (χ3n) is 1.84. The Labute approximate surface area is 80.7 Å². The van der Waals surface area contributed by atoms with Gasteiger partial charge in [-0.15, -0.1) is 11.3 Å². The van der Waals surface area contributed by atoms with E-state index < -0.39 is 0 Å². The zero-order chi connectivity index (χ0) is 8.39. The van der Waals surface area contributed by atoms with Gasteiger partial charge in [-0.3, -0.25) is 0 Å². The van der Waals surface area contributed by atoms with Crippen molar-refractivity contribution in [1.82, 2.24) is 0 Å².